The fourth-order valence-corrected chi connectivity index (χ4v) is 10.7. The number of thiazole rings is 2. The number of amides is 4. The van der Waals surface area contributed by atoms with Gasteiger partial charge >= 0.3 is 23.6 Å². The van der Waals surface area contributed by atoms with E-state index >= 15 is 0 Å². The molecule has 2 fully saturated rings. The van der Waals surface area contributed by atoms with Gasteiger partial charge < -0.3 is 56.4 Å². The lowest BCUT2D eigenvalue weighted by molar-refractivity contribution is -0.688. The highest BCUT2D eigenvalue weighted by molar-refractivity contribution is 8.03. The van der Waals surface area contributed by atoms with E-state index in [1.54, 1.807) is 24.6 Å². The highest BCUT2D eigenvalue weighted by Crippen LogP contribution is 2.40. The van der Waals surface area contributed by atoms with E-state index in [1.165, 1.54) is 33.3 Å². The van der Waals surface area contributed by atoms with Crippen LogP contribution in [0.2, 0.25) is 0 Å². The lowest BCUT2D eigenvalue weighted by atomic mass is 9.94. The number of pyridine rings is 2. The van der Waals surface area contributed by atoms with E-state index in [0.29, 0.717) is 34.4 Å². The Hall–Kier alpha value is -7.94. The van der Waals surface area contributed by atoms with Crippen molar-refractivity contribution in [2.24, 2.45) is 10.3 Å². The number of rotatable bonds is 16. The van der Waals surface area contributed by atoms with Crippen LogP contribution < -0.4 is 36.3 Å². The van der Waals surface area contributed by atoms with Gasteiger partial charge in [0.2, 0.25) is 0 Å². The number of nitrogens with zero attached hydrogens (tertiary/aromatic N) is 8. The molecule has 4 atom stereocenters. The number of nitrogens with two attached hydrogens (primary N) is 2. The molecule has 8 N–H and O–H groups in total. The van der Waals surface area contributed by atoms with Crippen LogP contribution in [0.25, 0.3) is 0 Å². The lowest BCUT2D eigenvalue weighted by Gasteiger charge is -2.49. The minimum Gasteiger partial charge on any atom is -0.741 e. The molecule has 27 nitrogen and oxygen atoms in total. The van der Waals surface area contributed by atoms with E-state index in [-0.39, 0.29) is 57.7 Å². The van der Waals surface area contributed by atoms with E-state index in [1.807, 2.05) is 70.3 Å². The molecule has 436 valence electrons. The van der Waals surface area contributed by atoms with Crippen molar-refractivity contribution in [2.45, 2.75) is 62.8 Å². The van der Waals surface area contributed by atoms with Crippen LogP contribution >= 0.6 is 46.2 Å². The molecule has 0 bridgehead atoms. The number of oxime groups is 2. The first kappa shape index (κ1) is 63.9. The molecule has 0 saturated carbocycles. The number of carbonyl (C=O) groups is 7. The summed E-state index contributed by atoms with van der Waals surface area (Å²) in [6.45, 7) is 4.56. The minimum atomic E-state index is -6.09. The number of carboxylic acids is 3. The van der Waals surface area contributed by atoms with Gasteiger partial charge in [-0.05, 0) is 13.8 Å². The third kappa shape index (κ3) is 16.4. The molecule has 4 amide bonds. The first-order valence-corrected chi connectivity index (χ1v) is 27.6. The van der Waals surface area contributed by atoms with Crippen molar-refractivity contribution >= 4 is 120 Å². The molecule has 4 aromatic heterocycles. The van der Waals surface area contributed by atoms with E-state index in [0.717, 1.165) is 22.7 Å². The summed E-state index contributed by atoms with van der Waals surface area (Å²) in [6, 6.07) is 8.35. The summed E-state index contributed by atoms with van der Waals surface area (Å²) in [5.41, 5.74) is 5.82. The van der Waals surface area contributed by atoms with Crippen molar-refractivity contribution in [3.63, 3.8) is 0 Å². The van der Waals surface area contributed by atoms with Gasteiger partial charge in [-0.25, -0.2) is 37.1 Å². The Morgan fingerprint density at radius 1 is 0.716 bits per heavy atom. The van der Waals surface area contributed by atoms with Crippen LogP contribution in [0.1, 0.15) is 25.2 Å². The molecule has 4 aromatic rings. The highest BCUT2D eigenvalue weighted by atomic mass is 32.2. The van der Waals surface area contributed by atoms with Crippen LogP contribution in [0.5, 0.6) is 0 Å². The molecule has 0 aromatic carbocycles. The maximum Gasteiger partial charge on any atom is 0.485 e. The Morgan fingerprint density at radius 3 is 1.31 bits per heavy atom. The third-order valence-corrected chi connectivity index (χ3v) is 14.8. The zero-order valence-electron chi connectivity index (χ0n) is 41.2. The van der Waals surface area contributed by atoms with E-state index < -0.39 is 87.5 Å². The first-order valence-electron chi connectivity index (χ1n) is 22.5. The number of anilines is 2. The number of aliphatic carboxylic acids is 3. The Kier molecular flexibility index (Phi) is 21.7. The van der Waals surface area contributed by atoms with Gasteiger partial charge in [0.25, 0.3) is 23.6 Å². The molecule has 4 aliphatic heterocycles. The monoisotopic (exact) mass is 1240 g/mol. The summed E-state index contributed by atoms with van der Waals surface area (Å²) in [7, 11) is -6.09. The van der Waals surface area contributed by atoms with Gasteiger partial charge in [0.1, 0.15) is 54.0 Å². The second-order valence-electron chi connectivity index (χ2n) is 15.9. The predicted octanol–water partition coefficient (Wildman–Crippen LogP) is -0.266. The van der Waals surface area contributed by atoms with Crippen molar-refractivity contribution in [2.75, 3.05) is 36.2 Å². The maximum atomic E-state index is 12.9. The average Bonchev–Trinajstić information content (AvgIpc) is 4.17. The zero-order valence-corrected chi connectivity index (χ0v) is 45.3. The Bertz CT molecular complexity index is 3080. The zero-order chi connectivity index (χ0) is 60.1. The molecule has 81 heavy (non-hydrogen) atoms. The number of halogens is 6. The van der Waals surface area contributed by atoms with Gasteiger partial charge in [-0.2, -0.15) is 26.3 Å². The number of hydrogen-bond acceptors (Lipinski definition) is 23. The number of β-lactam (4-membered cyclic amide) rings is 2. The summed E-state index contributed by atoms with van der Waals surface area (Å²) in [5.74, 6) is -6.78. The van der Waals surface area contributed by atoms with E-state index in [9.17, 15) is 65.3 Å². The Balaban J connectivity index is 0.000000238. The highest BCUT2D eigenvalue weighted by Gasteiger charge is 2.56. The van der Waals surface area contributed by atoms with Crippen LogP contribution in [0.15, 0.2) is 103 Å². The minimum absolute atomic E-state index is 0.0569. The van der Waals surface area contributed by atoms with E-state index in [2.05, 4.69) is 30.9 Å². The quantitative estimate of drug-likeness (QED) is 0.0160. The SMILES string of the molecule is CCON=C(C(=O)NC1C(=O)N2C(C(=O)O)=C(C[n+]3ccccc3)SCC12)c1csc(N)n1.CCON=C(C(=O)NC1C(=O)N2C(C(=O)O)=C(C[n+]3ccccc3)SCC12)c1csc(N)n1.O=C([O-])C(F)(F)F.O=S(=O)([O-])C(F)(F)F. The first-order chi connectivity index (χ1) is 38.0. The predicted molar refractivity (Wildman–Crippen MR) is 269 cm³/mol. The van der Waals surface area contributed by atoms with Gasteiger partial charge in [-0.1, -0.05) is 22.4 Å². The van der Waals surface area contributed by atoms with Crippen LogP contribution in [-0.4, -0.2) is 156 Å². The summed E-state index contributed by atoms with van der Waals surface area (Å²) in [4.78, 5) is 106. The van der Waals surface area contributed by atoms with Crippen molar-refractivity contribution < 1.29 is 107 Å². The van der Waals surface area contributed by atoms with Crippen molar-refractivity contribution in [3.05, 3.63) is 105 Å². The number of nitrogens with one attached hydrogen (secondary N) is 2. The average molecular weight is 1240 g/mol. The number of hydrogen-bond donors (Lipinski definition) is 6. The Morgan fingerprint density at radius 2 is 1.05 bits per heavy atom. The molecule has 4 unspecified atom stereocenters. The fourth-order valence-electron chi connectivity index (χ4n) is 7.05. The van der Waals surface area contributed by atoms with Gasteiger partial charge in [0, 0.05) is 46.5 Å². The number of allylic oxidation sites excluding steroid dienone is 2. The molecule has 38 heteroatoms. The standard InChI is InChI=1S/2C20H20N6O5S2.C2HF3O2.CHF3O3S/c2*1-2-31-24-14(11-9-33-20(21)22-11)17(27)23-15-12-10-32-13(8-25-6-4-3-5-7-25)16(19(29)30)26(12)18(15)28;3-2(4,5)1(6)7;2-1(3,4)8(5,6)7/h2*3-7,9,12,15H,2,8,10H2,1H3,(H3-,21,22,23,27,29,30);(H,6,7);(H,5,6,7). The van der Waals surface area contributed by atoms with Gasteiger partial charge in [-0.15, -0.1) is 46.2 Å². The van der Waals surface area contributed by atoms with Gasteiger partial charge in [-0.3, -0.25) is 29.0 Å². The molecular weight excluding hydrogens is 1200 g/mol. The number of thioether (sulfide) groups is 2. The topological polar surface area (TPSA) is 400 Å². The maximum absolute atomic E-state index is 12.9. The number of fused-ring (bicyclic) bond motifs is 2. The van der Waals surface area contributed by atoms with Crippen LogP contribution in [-0.2, 0) is 66.4 Å². The van der Waals surface area contributed by atoms with Crippen LogP contribution in [0.3, 0.4) is 0 Å². The van der Waals surface area contributed by atoms with Crippen molar-refractivity contribution in [1.29, 1.82) is 0 Å². The smallest absolute Gasteiger partial charge is 0.485 e. The number of alkyl halides is 6. The van der Waals surface area contributed by atoms with Crippen molar-refractivity contribution in [3.8, 4) is 0 Å². The number of carbonyl (C=O) groups excluding carboxylic acids is 5. The Labute approximate surface area is 468 Å². The van der Waals surface area contributed by atoms with Crippen molar-refractivity contribution in [1.82, 2.24) is 30.4 Å². The normalized spacial score (nSPS) is 18.8. The molecule has 0 radical (unpaired) electrons. The molecule has 2 saturated heterocycles. The summed E-state index contributed by atoms with van der Waals surface area (Å²) >= 11 is 5.01. The van der Waals surface area contributed by atoms with Gasteiger partial charge in [0.15, 0.2) is 69.7 Å². The van der Waals surface area contributed by atoms with E-state index in [4.69, 9.17) is 44.0 Å². The molecule has 8 heterocycles. The van der Waals surface area contributed by atoms with Gasteiger partial charge in [0.05, 0.1) is 21.9 Å². The second kappa shape index (κ2) is 27.5. The molecule has 0 aliphatic carbocycles. The third-order valence-electron chi connectivity index (χ3n) is 10.5. The largest absolute Gasteiger partial charge is 0.741 e. The fraction of sp³-hybridized carbons (Fsp3) is 0.326. The molecular formula is C43H42F6N12O15S5. The van der Waals surface area contributed by atoms with Crippen LogP contribution in [0, 0.1) is 0 Å². The summed E-state index contributed by atoms with van der Waals surface area (Å²) in [6.07, 6.45) is 2.10. The molecule has 8 rings (SSSR count). The molecule has 0 spiro atoms. The summed E-state index contributed by atoms with van der Waals surface area (Å²) < 4.78 is 94.1. The lowest BCUT2D eigenvalue weighted by Crippen LogP contribution is -2.73. The number of carboxylic acid groups (broad SMARTS) is 3. The molecule has 4 aliphatic rings. The summed E-state index contributed by atoms with van der Waals surface area (Å²) in [5, 5.41) is 45.0. The number of aromatic nitrogens is 4. The second-order valence-corrected chi connectivity index (χ2v) is 21.2. The number of nitrogen functional groups attached to an aromatic ring is 2. The van der Waals surface area contributed by atoms with Crippen LogP contribution in [0.4, 0.5) is 36.6 Å².